The van der Waals surface area contributed by atoms with Crippen LogP contribution in [0.1, 0.15) is 18.4 Å². The molecule has 2 aromatic rings. The third-order valence-corrected chi connectivity index (χ3v) is 5.03. The van der Waals surface area contributed by atoms with Crippen molar-refractivity contribution in [2.75, 3.05) is 27.2 Å². The topological polar surface area (TPSA) is 67.7 Å². The van der Waals surface area contributed by atoms with Gasteiger partial charge >= 0.3 is 0 Å². The molecule has 144 valence electrons. The molecule has 1 atom stereocenters. The van der Waals surface area contributed by atoms with Gasteiger partial charge in [0.2, 0.25) is 11.8 Å². The molecule has 2 heterocycles. The number of nitrogens with zero attached hydrogens (tertiary/aromatic N) is 4. The van der Waals surface area contributed by atoms with E-state index in [2.05, 4.69) is 4.98 Å². The summed E-state index contributed by atoms with van der Waals surface area (Å²) in [5, 5.41) is 0. The highest BCUT2D eigenvalue weighted by atomic mass is 16.5. The SMILES string of the molecule is COc1ccccc1CN1CC(C(=O)N(C)CCn2ccnc2)CCC1=O. The van der Waals surface area contributed by atoms with Crippen molar-refractivity contribution in [2.24, 2.45) is 5.92 Å². The van der Waals surface area contributed by atoms with Gasteiger partial charge in [0.05, 0.1) is 19.4 Å². The second-order valence-corrected chi connectivity index (χ2v) is 6.88. The second-order valence-electron chi connectivity index (χ2n) is 6.88. The Kier molecular flexibility index (Phi) is 6.11. The predicted octanol–water partition coefficient (Wildman–Crippen LogP) is 1.79. The number of imidazole rings is 1. The number of para-hydroxylation sites is 1. The molecule has 7 heteroatoms. The third kappa shape index (κ3) is 4.67. The van der Waals surface area contributed by atoms with Crippen LogP contribution in [0.2, 0.25) is 0 Å². The lowest BCUT2D eigenvalue weighted by molar-refractivity contribution is -0.142. The molecule has 1 aliphatic heterocycles. The number of benzene rings is 1. The Morgan fingerprint density at radius 3 is 2.93 bits per heavy atom. The molecule has 2 amide bonds. The first-order chi connectivity index (χ1) is 13.1. The Bertz CT molecular complexity index is 775. The summed E-state index contributed by atoms with van der Waals surface area (Å²) >= 11 is 0. The fourth-order valence-electron chi connectivity index (χ4n) is 3.41. The lowest BCUT2D eigenvalue weighted by Crippen LogP contribution is -2.46. The quantitative estimate of drug-likeness (QED) is 0.745. The van der Waals surface area contributed by atoms with Gasteiger partial charge < -0.3 is 19.1 Å². The van der Waals surface area contributed by atoms with Crippen LogP contribution in [0, 0.1) is 5.92 Å². The minimum absolute atomic E-state index is 0.0889. The number of ether oxygens (including phenoxy) is 1. The first kappa shape index (κ1) is 18.9. The van der Waals surface area contributed by atoms with Gasteiger partial charge in [-0.2, -0.15) is 0 Å². The molecule has 27 heavy (non-hydrogen) atoms. The molecule has 0 N–H and O–H groups in total. The number of likely N-dealkylation sites (N-methyl/N-ethyl adjacent to an activating group) is 1. The van der Waals surface area contributed by atoms with Crippen LogP contribution in [0.25, 0.3) is 0 Å². The third-order valence-electron chi connectivity index (χ3n) is 5.03. The number of likely N-dealkylation sites (tertiary alicyclic amines) is 1. The maximum Gasteiger partial charge on any atom is 0.227 e. The molecule has 1 aromatic carbocycles. The first-order valence-electron chi connectivity index (χ1n) is 9.19. The highest BCUT2D eigenvalue weighted by molar-refractivity contribution is 5.83. The van der Waals surface area contributed by atoms with Gasteiger partial charge in [0.1, 0.15) is 5.75 Å². The predicted molar refractivity (Wildman–Crippen MR) is 101 cm³/mol. The largest absolute Gasteiger partial charge is 0.496 e. The number of carbonyl (C=O) groups excluding carboxylic acids is 2. The summed E-state index contributed by atoms with van der Waals surface area (Å²) in [7, 11) is 3.44. The van der Waals surface area contributed by atoms with Crippen LogP contribution < -0.4 is 4.74 Å². The molecule has 1 fully saturated rings. The number of amides is 2. The van der Waals surface area contributed by atoms with E-state index in [4.69, 9.17) is 4.74 Å². The highest BCUT2D eigenvalue weighted by Gasteiger charge is 2.32. The fraction of sp³-hybridized carbons (Fsp3) is 0.450. The number of hydrogen-bond acceptors (Lipinski definition) is 4. The van der Waals surface area contributed by atoms with Crippen molar-refractivity contribution in [3.05, 3.63) is 48.5 Å². The van der Waals surface area contributed by atoms with E-state index in [9.17, 15) is 9.59 Å². The van der Waals surface area contributed by atoms with E-state index in [-0.39, 0.29) is 17.7 Å². The second kappa shape index (κ2) is 8.70. The number of carbonyl (C=O) groups is 2. The Labute approximate surface area is 159 Å². The Balaban J connectivity index is 1.60. The molecule has 1 unspecified atom stereocenters. The molecule has 0 saturated carbocycles. The van der Waals surface area contributed by atoms with E-state index in [1.165, 1.54) is 0 Å². The molecule has 3 rings (SSSR count). The van der Waals surface area contributed by atoms with Crippen LogP contribution >= 0.6 is 0 Å². The number of hydrogen-bond donors (Lipinski definition) is 0. The molecular weight excluding hydrogens is 344 g/mol. The van der Waals surface area contributed by atoms with Gasteiger partial charge in [-0.15, -0.1) is 0 Å². The number of rotatable bonds is 7. The van der Waals surface area contributed by atoms with Crippen LogP contribution in [0.4, 0.5) is 0 Å². The Hall–Kier alpha value is -2.83. The van der Waals surface area contributed by atoms with Crippen molar-refractivity contribution >= 4 is 11.8 Å². The lowest BCUT2D eigenvalue weighted by Gasteiger charge is -2.34. The summed E-state index contributed by atoms with van der Waals surface area (Å²) < 4.78 is 7.33. The molecule has 1 saturated heterocycles. The first-order valence-corrected chi connectivity index (χ1v) is 9.19. The average Bonchev–Trinajstić information content (AvgIpc) is 3.21. The van der Waals surface area contributed by atoms with Gasteiger partial charge in [0.15, 0.2) is 0 Å². The maximum absolute atomic E-state index is 12.8. The van der Waals surface area contributed by atoms with Crippen molar-refractivity contribution in [1.82, 2.24) is 19.4 Å². The minimum atomic E-state index is -0.162. The van der Waals surface area contributed by atoms with E-state index >= 15 is 0 Å². The van der Waals surface area contributed by atoms with E-state index in [0.717, 1.165) is 11.3 Å². The van der Waals surface area contributed by atoms with E-state index in [1.54, 1.807) is 29.4 Å². The smallest absolute Gasteiger partial charge is 0.227 e. The normalized spacial score (nSPS) is 17.0. The Morgan fingerprint density at radius 1 is 1.37 bits per heavy atom. The summed E-state index contributed by atoms with van der Waals surface area (Å²) in [6.45, 7) is 2.24. The highest BCUT2D eigenvalue weighted by Crippen LogP contribution is 2.25. The van der Waals surface area contributed by atoms with Gasteiger partial charge in [0.25, 0.3) is 0 Å². The standard InChI is InChI=1S/C20H26N4O3/c1-22(11-12-23-10-9-21-15-23)20(26)17-7-8-19(25)24(14-17)13-16-5-3-4-6-18(16)27-2/h3-6,9-10,15,17H,7-8,11-14H2,1-2H3. The van der Waals surface area contributed by atoms with Crippen molar-refractivity contribution < 1.29 is 14.3 Å². The number of piperidine rings is 1. The zero-order valence-electron chi connectivity index (χ0n) is 15.9. The van der Waals surface area contributed by atoms with Crippen molar-refractivity contribution in [2.45, 2.75) is 25.9 Å². The Morgan fingerprint density at radius 2 is 2.19 bits per heavy atom. The summed E-state index contributed by atoms with van der Waals surface area (Å²) in [5.41, 5.74) is 0.954. The molecular formula is C20H26N4O3. The van der Waals surface area contributed by atoms with Gasteiger partial charge in [-0.25, -0.2) is 4.98 Å². The maximum atomic E-state index is 12.8. The lowest BCUT2D eigenvalue weighted by atomic mass is 9.95. The van der Waals surface area contributed by atoms with Crippen molar-refractivity contribution in [1.29, 1.82) is 0 Å². The van der Waals surface area contributed by atoms with E-state index < -0.39 is 0 Å². The van der Waals surface area contributed by atoms with Crippen molar-refractivity contribution in [3.63, 3.8) is 0 Å². The fourth-order valence-corrected chi connectivity index (χ4v) is 3.41. The van der Waals surface area contributed by atoms with Crippen LogP contribution in [-0.4, -0.2) is 58.4 Å². The number of aromatic nitrogens is 2. The van der Waals surface area contributed by atoms with Gasteiger partial charge in [-0.3, -0.25) is 9.59 Å². The number of methoxy groups -OCH3 is 1. The summed E-state index contributed by atoms with van der Waals surface area (Å²) in [5.74, 6) is 0.778. The monoisotopic (exact) mass is 370 g/mol. The molecule has 0 radical (unpaired) electrons. The average molecular weight is 370 g/mol. The molecule has 0 aliphatic carbocycles. The van der Waals surface area contributed by atoms with Gasteiger partial charge in [-0.1, -0.05) is 18.2 Å². The molecule has 0 spiro atoms. The zero-order chi connectivity index (χ0) is 19.2. The molecule has 1 aromatic heterocycles. The summed E-state index contributed by atoms with van der Waals surface area (Å²) in [4.78, 5) is 32.7. The van der Waals surface area contributed by atoms with E-state index in [0.29, 0.717) is 39.0 Å². The van der Waals surface area contributed by atoms with E-state index in [1.807, 2.05) is 42.1 Å². The van der Waals surface area contributed by atoms with Crippen molar-refractivity contribution in [3.8, 4) is 5.75 Å². The van der Waals surface area contributed by atoms with Crippen LogP contribution in [0.3, 0.4) is 0 Å². The minimum Gasteiger partial charge on any atom is -0.496 e. The van der Waals surface area contributed by atoms with Crippen LogP contribution in [0.5, 0.6) is 5.75 Å². The van der Waals surface area contributed by atoms with Crippen LogP contribution in [-0.2, 0) is 22.7 Å². The molecule has 7 nitrogen and oxygen atoms in total. The molecule has 0 bridgehead atoms. The summed E-state index contributed by atoms with van der Waals surface area (Å²) in [6, 6.07) is 7.67. The van der Waals surface area contributed by atoms with Crippen LogP contribution in [0.15, 0.2) is 43.0 Å². The molecule has 1 aliphatic rings. The van der Waals surface area contributed by atoms with Gasteiger partial charge in [0, 0.05) is 57.6 Å². The van der Waals surface area contributed by atoms with Gasteiger partial charge in [-0.05, 0) is 12.5 Å². The summed E-state index contributed by atoms with van der Waals surface area (Å²) in [6.07, 6.45) is 6.36. The zero-order valence-corrected chi connectivity index (χ0v) is 15.9.